The average Bonchev–Trinajstić information content (AvgIpc) is 3.27. The van der Waals surface area contributed by atoms with Gasteiger partial charge in [0, 0.05) is 41.3 Å². The first-order valence-electron chi connectivity index (χ1n) is 8.82. The summed E-state index contributed by atoms with van der Waals surface area (Å²) in [6, 6.07) is -0.0853. The van der Waals surface area contributed by atoms with E-state index in [1.165, 1.54) is 29.7 Å². The zero-order chi connectivity index (χ0) is 17.8. The number of nitrogens with zero attached hydrogens (tertiary/aromatic N) is 3. The van der Waals surface area contributed by atoms with Gasteiger partial charge < -0.3 is 10.3 Å². The molecule has 5 rings (SSSR count). The van der Waals surface area contributed by atoms with Crippen molar-refractivity contribution in [2.45, 2.75) is 32.1 Å². The van der Waals surface area contributed by atoms with Crippen LogP contribution in [0, 0.1) is 6.92 Å². The Bertz CT molecular complexity index is 1020. The summed E-state index contributed by atoms with van der Waals surface area (Å²) in [4.78, 5) is 27.4. The first kappa shape index (κ1) is 16.1. The maximum absolute atomic E-state index is 12.1. The van der Waals surface area contributed by atoms with E-state index in [0.717, 1.165) is 40.1 Å². The number of thiazole rings is 1. The van der Waals surface area contributed by atoms with Crippen molar-refractivity contribution in [3.63, 3.8) is 0 Å². The van der Waals surface area contributed by atoms with Gasteiger partial charge in [-0.1, -0.05) is 11.6 Å². The lowest BCUT2D eigenvalue weighted by Crippen LogP contribution is -2.46. The number of anilines is 1. The molecule has 134 valence electrons. The Morgan fingerprint density at radius 1 is 1.38 bits per heavy atom. The Morgan fingerprint density at radius 3 is 3.00 bits per heavy atom. The van der Waals surface area contributed by atoms with Gasteiger partial charge in [-0.3, -0.25) is 4.90 Å². The van der Waals surface area contributed by atoms with Gasteiger partial charge in [0.15, 0.2) is 5.13 Å². The van der Waals surface area contributed by atoms with Gasteiger partial charge in [0.2, 0.25) is 0 Å². The molecule has 0 unspecified atom stereocenters. The third-order valence-corrected chi connectivity index (χ3v) is 6.42. The smallest absolute Gasteiger partial charge is 0.323 e. The molecule has 2 fully saturated rings. The van der Waals surface area contributed by atoms with Gasteiger partial charge in [0.1, 0.15) is 5.65 Å². The van der Waals surface area contributed by atoms with Crippen LogP contribution < -0.4 is 10.2 Å². The van der Waals surface area contributed by atoms with Crippen LogP contribution in [-0.4, -0.2) is 34.1 Å². The molecule has 0 aromatic carbocycles. The fourth-order valence-corrected chi connectivity index (χ4v) is 4.81. The second-order valence-corrected chi connectivity index (χ2v) is 8.43. The second kappa shape index (κ2) is 5.96. The zero-order valence-electron chi connectivity index (χ0n) is 14.3. The number of amides is 2. The van der Waals surface area contributed by atoms with Crippen molar-refractivity contribution < 1.29 is 4.79 Å². The lowest BCUT2D eigenvalue weighted by molar-refractivity contribution is 0.243. The van der Waals surface area contributed by atoms with Crippen molar-refractivity contribution in [1.29, 1.82) is 0 Å². The summed E-state index contributed by atoms with van der Waals surface area (Å²) < 4.78 is 0. The molecule has 1 aliphatic heterocycles. The molecule has 2 amide bonds. The average molecular weight is 388 g/mol. The number of aromatic amines is 1. The van der Waals surface area contributed by atoms with Crippen molar-refractivity contribution in [3.8, 4) is 11.3 Å². The fraction of sp³-hybridized carbons (Fsp3) is 0.389. The molecule has 2 N–H and O–H groups in total. The molecule has 1 saturated carbocycles. The third kappa shape index (κ3) is 2.49. The van der Waals surface area contributed by atoms with Gasteiger partial charge in [0.25, 0.3) is 0 Å². The Hall–Kier alpha value is -2.12. The van der Waals surface area contributed by atoms with Crippen LogP contribution in [0.2, 0.25) is 5.02 Å². The van der Waals surface area contributed by atoms with E-state index >= 15 is 0 Å². The molecule has 0 bridgehead atoms. The SMILES string of the molecule is Cc1sc(N2CCCNC2=O)nc1-c1cnc2[nH]cc(C3CC3)c2c1Cl. The second-order valence-electron chi connectivity index (χ2n) is 6.87. The van der Waals surface area contributed by atoms with E-state index in [1.54, 1.807) is 11.1 Å². The zero-order valence-corrected chi connectivity index (χ0v) is 15.9. The van der Waals surface area contributed by atoms with Crippen LogP contribution in [0.5, 0.6) is 0 Å². The molecular formula is C18H18ClN5OS. The topological polar surface area (TPSA) is 73.9 Å². The first-order valence-corrected chi connectivity index (χ1v) is 10.0. The summed E-state index contributed by atoms with van der Waals surface area (Å²) in [5.41, 5.74) is 3.72. The maximum atomic E-state index is 12.1. The molecule has 1 aliphatic carbocycles. The van der Waals surface area contributed by atoms with Crippen LogP contribution >= 0.6 is 22.9 Å². The summed E-state index contributed by atoms with van der Waals surface area (Å²) in [7, 11) is 0. The summed E-state index contributed by atoms with van der Waals surface area (Å²) in [5.74, 6) is 0.586. The number of aromatic nitrogens is 3. The Kier molecular flexibility index (Phi) is 3.68. The highest BCUT2D eigenvalue weighted by atomic mass is 35.5. The number of hydrogen-bond donors (Lipinski definition) is 2. The number of fused-ring (bicyclic) bond motifs is 1. The fourth-order valence-electron chi connectivity index (χ4n) is 3.52. The molecule has 0 spiro atoms. The molecule has 26 heavy (non-hydrogen) atoms. The van der Waals surface area contributed by atoms with Gasteiger partial charge in [-0.15, -0.1) is 11.3 Å². The molecular weight excluding hydrogens is 370 g/mol. The molecule has 2 aliphatic rings. The van der Waals surface area contributed by atoms with Crippen molar-refractivity contribution >= 4 is 45.1 Å². The van der Waals surface area contributed by atoms with Gasteiger partial charge >= 0.3 is 6.03 Å². The van der Waals surface area contributed by atoms with Crippen LogP contribution in [0.4, 0.5) is 9.93 Å². The number of rotatable bonds is 3. The largest absolute Gasteiger partial charge is 0.346 e. The number of pyridine rings is 1. The van der Waals surface area contributed by atoms with E-state index in [9.17, 15) is 4.79 Å². The van der Waals surface area contributed by atoms with E-state index in [2.05, 4.69) is 15.3 Å². The summed E-state index contributed by atoms with van der Waals surface area (Å²) in [6.45, 7) is 3.42. The van der Waals surface area contributed by atoms with Gasteiger partial charge in [-0.25, -0.2) is 14.8 Å². The standard InChI is InChI=1S/C18H18ClN5OS/c1-9-15(23-18(26-9)24-6-2-5-20-17(24)25)12-8-22-16-13(14(12)19)11(7-21-16)10-3-4-10/h7-8,10H,2-6H2,1H3,(H,20,25)(H,21,22). The number of halogens is 1. The monoisotopic (exact) mass is 387 g/mol. The normalized spacial score (nSPS) is 17.8. The number of carbonyl (C=O) groups is 1. The third-order valence-electron chi connectivity index (χ3n) is 5.04. The highest BCUT2D eigenvalue weighted by Gasteiger charge is 2.29. The van der Waals surface area contributed by atoms with E-state index in [0.29, 0.717) is 22.6 Å². The summed E-state index contributed by atoms with van der Waals surface area (Å²) >= 11 is 8.32. The van der Waals surface area contributed by atoms with E-state index in [-0.39, 0.29) is 6.03 Å². The number of aryl methyl sites for hydroxylation is 1. The van der Waals surface area contributed by atoms with Crippen LogP contribution in [0.3, 0.4) is 0 Å². The van der Waals surface area contributed by atoms with Crippen LogP contribution in [0.25, 0.3) is 22.3 Å². The molecule has 1 saturated heterocycles. The van der Waals surface area contributed by atoms with E-state index < -0.39 is 0 Å². The number of hydrogen-bond acceptors (Lipinski definition) is 4. The molecule has 3 aromatic rings. The van der Waals surface area contributed by atoms with Gasteiger partial charge in [-0.2, -0.15) is 0 Å². The summed E-state index contributed by atoms with van der Waals surface area (Å²) in [5, 5.41) is 5.29. The maximum Gasteiger partial charge on any atom is 0.323 e. The van der Waals surface area contributed by atoms with Crippen molar-refractivity contribution in [1.82, 2.24) is 20.3 Å². The molecule has 6 nitrogen and oxygen atoms in total. The van der Waals surface area contributed by atoms with Crippen LogP contribution in [0.1, 0.15) is 35.6 Å². The lowest BCUT2D eigenvalue weighted by atomic mass is 10.1. The minimum Gasteiger partial charge on any atom is -0.346 e. The highest BCUT2D eigenvalue weighted by molar-refractivity contribution is 7.16. The molecule has 0 atom stereocenters. The minimum atomic E-state index is -0.0853. The molecule has 8 heteroatoms. The van der Waals surface area contributed by atoms with Crippen molar-refractivity contribution in [3.05, 3.63) is 27.9 Å². The predicted octanol–water partition coefficient (Wildman–Crippen LogP) is 4.45. The van der Waals surface area contributed by atoms with Crippen LogP contribution in [-0.2, 0) is 0 Å². The molecule has 4 heterocycles. The number of nitrogens with one attached hydrogen (secondary N) is 2. The van der Waals surface area contributed by atoms with Gasteiger partial charge in [0.05, 0.1) is 10.7 Å². The Balaban J connectivity index is 1.60. The minimum absolute atomic E-state index is 0.0853. The predicted molar refractivity (Wildman–Crippen MR) is 104 cm³/mol. The summed E-state index contributed by atoms with van der Waals surface area (Å²) in [6.07, 6.45) is 7.14. The molecule has 0 radical (unpaired) electrons. The lowest BCUT2D eigenvalue weighted by Gasteiger charge is -2.24. The number of H-pyrrole nitrogens is 1. The Labute approximate surface area is 159 Å². The highest BCUT2D eigenvalue weighted by Crippen LogP contribution is 2.46. The van der Waals surface area contributed by atoms with E-state index in [4.69, 9.17) is 16.6 Å². The first-order chi connectivity index (χ1) is 12.6. The van der Waals surface area contributed by atoms with Crippen LogP contribution in [0.15, 0.2) is 12.4 Å². The number of urea groups is 1. The van der Waals surface area contributed by atoms with Crippen molar-refractivity contribution in [2.24, 2.45) is 0 Å². The Morgan fingerprint density at radius 2 is 2.23 bits per heavy atom. The van der Waals surface area contributed by atoms with Gasteiger partial charge in [-0.05, 0) is 37.7 Å². The molecule has 3 aromatic heterocycles. The number of carbonyl (C=O) groups excluding carboxylic acids is 1. The quantitative estimate of drug-likeness (QED) is 0.697. The van der Waals surface area contributed by atoms with E-state index in [1.807, 2.05) is 13.1 Å². The van der Waals surface area contributed by atoms with Crippen molar-refractivity contribution in [2.75, 3.05) is 18.0 Å².